The maximum atomic E-state index is 11.9. The van der Waals surface area contributed by atoms with E-state index in [1.54, 1.807) is 12.3 Å². The maximum absolute atomic E-state index is 11.9. The van der Waals surface area contributed by atoms with E-state index in [-0.39, 0.29) is 5.91 Å². The summed E-state index contributed by atoms with van der Waals surface area (Å²) in [4.78, 5) is 19.5. The van der Waals surface area contributed by atoms with Crippen molar-refractivity contribution in [2.45, 2.75) is 6.54 Å². The average molecular weight is 297 g/mol. The summed E-state index contributed by atoms with van der Waals surface area (Å²) < 4.78 is 3.84. The molecule has 6 nitrogen and oxygen atoms in total. The number of hydrogen-bond acceptors (Lipinski definition) is 6. The van der Waals surface area contributed by atoms with Crippen LogP contribution in [0.1, 0.15) is 16.1 Å². The number of rotatable bonds is 4. The van der Waals surface area contributed by atoms with Gasteiger partial charge in [0.25, 0.3) is 5.91 Å². The second-order valence-electron chi connectivity index (χ2n) is 4.26. The largest absolute Gasteiger partial charge is 0.347 e. The van der Waals surface area contributed by atoms with Crippen molar-refractivity contribution in [2.24, 2.45) is 0 Å². The molecule has 3 rings (SSSR count). The minimum atomic E-state index is -0.217. The number of amides is 1. The van der Waals surface area contributed by atoms with Crippen LogP contribution in [0.4, 0.5) is 0 Å². The van der Waals surface area contributed by atoms with E-state index in [0.717, 1.165) is 16.8 Å². The van der Waals surface area contributed by atoms with Gasteiger partial charge in [-0.3, -0.25) is 4.79 Å². The number of benzene rings is 1. The van der Waals surface area contributed by atoms with Gasteiger partial charge in [-0.15, -0.1) is 5.10 Å². The fourth-order valence-corrected chi connectivity index (χ4v) is 2.25. The van der Waals surface area contributed by atoms with Gasteiger partial charge in [0.1, 0.15) is 17.7 Å². The van der Waals surface area contributed by atoms with Gasteiger partial charge in [0.05, 0.1) is 0 Å². The van der Waals surface area contributed by atoms with Crippen LogP contribution in [-0.4, -0.2) is 25.5 Å². The molecule has 0 aliphatic carbocycles. The summed E-state index contributed by atoms with van der Waals surface area (Å²) in [5, 5.41) is 8.72. The number of hydrogen-bond donors (Lipinski definition) is 1. The van der Waals surface area contributed by atoms with E-state index in [2.05, 4.69) is 24.9 Å². The lowest BCUT2D eigenvalue weighted by Crippen LogP contribution is -2.23. The highest BCUT2D eigenvalue weighted by molar-refractivity contribution is 7.03. The van der Waals surface area contributed by atoms with E-state index in [1.807, 2.05) is 29.6 Å². The Labute approximate surface area is 125 Å². The van der Waals surface area contributed by atoms with Gasteiger partial charge in [-0.2, -0.15) is 0 Å². The van der Waals surface area contributed by atoms with E-state index >= 15 is 0 Å². The lowest BCUT2D eigenvalue weighted by atomic mass is 10.1. The molecule has 1 N–H and O–H groups in total. The first-order chi connectivity index (χ1) is 10.3. The first-order valence-corrected chi connectivity index (χ1v) is 7.07. The first-order valence-electron chi connectivity index (χ1n) is 6.23. The number of nitrogens with zero attached hydrogens (tertiary/aromatic N) is 4. The van der Waals surface area contributed by atoms with Crippen molar-refractivity contribution in [3.8, 4) is 11.3 Å². The van der Waals surface area contributed by atoms with Gasteiger partial charge < -0.3 is 5.32 Å². The van der Waals surface area contributed by atoms with Crippen LogP contribution in [0.3, 0.4) is 0 Å². The molecule has 1 amide bonds. The molecule has 7 heteroatoms. The molecule has 3 aromatic rings. The molecule has 0 atom stereocenters. The summed E-state index contributed by atoms with van der Waals surface area (Å²) in [6.45, 7) is 0.443. The van der Waals surface area contributed by atoms with Gasteiger partial charge in [-0.05, 0) is 23.2 Å². The average Bonchev–Trinajstić information content (AvgIpc) is 3.08. The smallest absolute Gasteiger partial charge is 0.270 e. The summed E-state index contributed by atoms with van der Waals surface area (Å²) in [5.41, 5.74) is 3.23. The highest BCUT2D eigenvalue weighted by atomic mass is 32.1. The predicted octanol–water partition coefficient (Wildman–Crippen LogP) is 1.93. The molecular weight excluding hydrogens is 286 g/mol. The molecule has 2 heterocycles. The summed E-state index contributed by atoms with van der Waals surface area (Å²) >= 11 is 1.32. The molecular formula is C14H11N5OS. The number of nitrogens with one attached hydrogen (secondary N) is 1. The Balaban J connectivity index is 1.62. The molecule has 0 saturated carbocycles. The van der Waals surface area contributed by atoms with Gasteiger partial charge in [-0.25, -0.2) is 9.97 Å². The molecule has 0 aliphatic rings. The molecule has 0 saturated heterocycles. The van der Waals surface area contributed by atoms with Crippen molar-refractivity contribution in [3.05, 3.63) is 59.5 Å². The molecule has 0 radical (unpaired) electrons. The molecule has 0 fully saturated rings. The SMILES string of the molecule is O=C(NCc1ccc(-c2csnn2)cc1)c1ccncn1. The molecule has 0 spiro atoms. The van der Waals surface area contributed by atoms with Crippen molar-refractivity contribution in [1.82, 2.24) is 24.9 Å². The Kier molecular flexibility index (Phi) is 3.92. The van der Waals surface area contributed by atoms with Crippen LogP contribution in [0.5, 0.6) is 0 Å². The fraction of sp³-hybridized carbons (Fsp3) is 0.0714. The highest BCUT2D eigenvalue weighted by Gasteiger charge is 2.06. The zero-order valence-electron chi connectivity index (χ0n) is 10.9. The van der Waals surface area contributed by atoms with E-state index in [0.29, 0.717) is 12.2 Å². The van der Waals surface area contributed by atoms with Gasteiger partial charge in [-0.1, -0.05) is 28.8 Å². The Morgan fingerprint density at radius 3 is 2.71 bits per heavy atom. The quantitative estimate of drug-likeness (QED) is 0.795. The first kappa shape index (κ1) is 13.3. The third kappa shape index (κ3) is 3.26. The minimum Gasteiger partial charge on any atom is -0.347 e. The topological polar surface area (TPSA) is 80.7 Å². The molecule has 104 valence electrons. The standard InChI is InChI=1S/C14H11N5OS/c20-14(12-5-6-15-9-17-12)16-7-10-1-3-11(4-2-10)13-8-21-19-18-13/h1-6,8-9H,7H2,(H,16,20). The lowest BCUT2D eigenvalue weighted by molar-refractivity contribution is 0.0945. The minimum absolute atomic E-state index is 0.217. The molecule has 0 unspecified atom stereocenters. The van der Waals surface area contributed by atoms with E-state index in [4.69, 9.17) is 0 Å². The van der Waals surface area contributed by atoms with E-state index < -0.39 is 0 Å². The van der Waals surface area contributed by atoms with Crippen LogP contribution in [0, 0.1) is 0 Å². The zero-order chi connectivity index (χ0) is 14.5. The van der Waals surface area contributed by atoms with E-state index in [1.165, 1.54) is 17.9 Å². The third-order valence-electron chi connectivity index (χ3n) is 2.88. The summed E-state index contributed by atoms with van der Waals surface area (Å²) in [6, 6.07) is 9.41. The second kappa shape index (κ2) is 6.19. The number of carbonyl (C=O) groups excluding carboxylic acids is 1. The molecule has 2 aromatic heterocycles. The van der Waals surface area contributed by atoms with Crippen molar-refractivity contribution in [3.63, 3.8) is 0 Å². The Morgan fingerprint density at radius 2 is 2.05 bits per heavy atom. The van der Waals surface area contributed by atoms with Crippen LogP contribution >= 0.6 is 11.5 Å². The third-order valence-corrected chi connectivity index (χ3v) is 3.38. The zero-order valence-corrected chi connectivity index (χ0v) is 11.7. The fourth-order valence-electron chi connectivity index (χ4n) is 1.78. The van der Waals surface area contributed by atoms with Crippen LogP contribution in [0.15, 0.2) is 48.2 Å². The van der Waals surface area contributed by atoms with E-state index in [9.17, 15) is 4.79 Å². The highest BCUT2D eigenvalue weighted by Crippen LogP contribution is 2.18. The van der Waals surface area contributed by atoms with Crippen LogP contribution in [-0.2, 0) is 6.54 Å². The monoisotopic (exact) mass is 297 g/mol. The molecule has 21 heavy (non-hydrogen) atoms. The Hall–Kier alpha value is -2.67. The molecule has 1 aromatic carbocycles. The van der Waals surface area contributed by atoms with Crippen LogP contribution in [0.25, 0.3) is 11.3 Å². The van der Waals surface area contributed by atoms with Gasteiger partial charge >= 0.3 is 0 Å². The summed E-state index contributed by atoms with van der Waals surface area (Å²) in [6.07, 6.45) is 2.89. The van der Waals surface area contributed by atoms with Crippen molar-refractivity contribution >= 4 is 17.4 Å². The van der Waals surface area contributed by atoms with Crippen LogP contribution < -0.4 is 5.32 Å². The normalized spacial score (nSPS) is 10.3. The maximum Gasteiger partial charge on any atom is 0.270 e. The Morgan fingerprint density at radius 1 is 1.19 bits per heavy atom. The van der Waals surface area contributed by atoms with Crippen LogP contribution in [0.2, 0.25) is 0 Å². The van der Waals surface area contributed by atoms with Crippen molar-refractivity contribution in [2.75, 3.05) is 0 Å². The molecule has 0 aliphatic heterocycles. The summed E-state index contributed by atoms with van der Waals surface area (Å²) in [7, 11) is 0. The number of aromatic nitrogens is 4. The van der Waals surface area contributed by atoms with Gasteiger partial charge in [0, 0.05) is 23.7 Å². The van der Waals surface area contributed by atoms with Crippen molar-refractivity contribution in [1.29, 1.82) is 0 Å². The Bertz CT molecular complexity index is 713. The number of carbonyl (C=O) groups is 1. The van der Waals surface area contributed by atoms with Crippen molar-refractivity contribution < 1.29 is 4.79 Å². The second-order valence-corrected chi connectivity index (χ2v) is 4.87. The van der Waals surface area contributed by atoms with Gasteiger partial charge in [0.2, 0.25) is 0 Å². The summed E-state index contributed by atoms with van der Waals surface area (Å²) in [5.74, 6) is -0.217. The molecule has 0 bridgehead atoms. The lowest BCUT2D eigenvalue weighted by Gasteiger charge is -2.05. The van der Waals surface area contributed by atoms with Gasteiger partial charge in [0.15, 0.2) is 0 Å². The predicted molar refractivity (Wildman–Crippen MR) is 78.5 cm³/mol.